The van der Waals surface area contributed by atoms with Gasteiger partial charge in [-0.05, 0) is 19.8 Å². The monoisotopic (exact) mass is 322 g/mol. The van der Waals surface area contributed by atoms with E-state index in [4.69, 9.17) is 9.15 Å². The molecule has 1 amide bonds. The fourth-order valence-electron chi connectivity index (χ4n) is 3.92. The predicted octanol–water partition coefficient (Wildman–Crippen LogP) is 2.19. The summed E-state index contributed by atoms with van der Waals surface area (Å²) in [4.78, 5) is 18.6. The Morgan fingerprint density at radius 2 is 2.22 bits per heavy atom. The van der Waals surface area contributed by atoms with Crippen LogP contribution in [-0.4, -0.2) is 52.8 Å². The van der Waals surface area contributed by atoms with Gasteiger partial charge in [-0.2, -0.15) is 0 Å². The van der Waals surface area contributed by atoms with E-state index in [1.54, 1.807) is 0 Å². The second-order valence-electron chi connectivity index (χ2n) is 6.94. The number of oxazole rings is 1. The first-order valence-electron chi connectivity index (χ1n) is 8.52. The van der Waals surface area contributed by atoms with Gasteiger partial charge in [-0.25, -0.2) is 4.98 Å². The van der Waals surface area contributed by atoms with Crippen LogP contribution in [0.25, 0.3) is 0 Å². The summed E-state index contributed by atoms with van der Waals surface area (Å²) in [5.74, 6) is 0.702. The number of amides is 1. The molecule has 23 heavy (non-hydrogen) atoms. The second kappa shape index (κ2) is 6.24. The normalized spacial score (nSPS) is 26.6. The molecule has 3 rings (SSSR count). The average Bonchev–Trinajstić information content (AvgIpc) is 3.04. The van der Waals surface area contributed by atoms with Crippen LogP contribution in [-0.2, 0) is 4.74 Å². The van der Waals surface area contributed by atoms with Gasteiger partial charge in [0.25, 0.3) is 5.91 Å². The Hall–Kier alpha value is -1.40. The molecule has 1 aromatic heterocycles. The number of carbonyl (C=O) groups is 1. The molecule has 0 unspecified atom stereocenters. The number of hydrogen-bond donors (Lipinski definition) is 1. The number of hydrogen-bond acceptors (Lipinski definition) is 5. The Labute approximate surface area is 136 Å². The molecule has 1 N–H and O–H groups in total. The van der Waals surface area contributed by atoms with E-state index in [9.17, 15) is 9.90 Å². The number of carbonyl (C=O) groups excluding carboxylic acids is 1. The van der Waals surface area contributed by atoms with Gasteiger partial charge in [0, 0.05) is 37.5 Å². The fraction of sp³-hybridized carbons (Fsp3) is 0.765. The minimum atomic E-state index is -0.311. The molecule has 2 heterocycles. The lowest BCUT2D eigenvalue weighted by molar-refractivity contribution is -0.207. The highest BCUT2D eigenvalue weighted by molar-refractivity contribution is 5.93. The molecule has 1 saturated carbocycles. The number of piperidine rings is 1. The maximum atomic E-state index is 12.7. The quantitative estimate of drug-likeness (QED) is 0.919. The summed E-state index contributed by atoms with van der Waals surface area (Å²) in [5, 5.41) is 10.2. The Balaban J connectivity index is 1.67. The number of aliphatic hydroxyl groups is 1. The Bertz CT molecular complexity index is 559. The lowest BCUT2D eigenvalue weighted by Gasteiger charge is -2.56. The lowest BCUT2D eigenvalue weighted by atomic mass is 9.58. The molecule has 1 aliphatic carbocycles. The van der Waals surface area contributed by atoms with Gasteiger partial charge in [0.1, 0.15) is 5.76 Å². The maximum absolute atomic E-state index is 12.7. The number of aliphatic hydroxyl groups excluding tert-OH is 1. The first-order chi connectivity index (χ1) is 11.0. The minimum Gasteiger partial charge on any atom is -0.447 e. The van der Waals surface area contributed by atoms with Crippen LogP contribution in [0.4, 0.5) is 0 Å². The predicted molar refractivity (Wildman–Crippen MR) is 84.2 cm³/mol. The average molecular weight is 322 g/mol. The molecule has 1 aromatic rings. The number of aromatic nitrogens is 1. The molecular weight excluding hydrogens is 296 g/mol. The van der Waals surface area contributed by atoms with Crippen molar-refractivity contribution in [2.75, 3.05) is 19.7 Å². The maximum Gasteiger partial charge on any atom is 0.276 e. The number of nitrogens with zero attached hydrogens (tertiary/aromatic N) is 2. The van der Waals surface area contributed by atoms with Crippen molar-refractivity contribution in [3.8, 4) is 0 Å². The van der Waals surface area contributed by atoms with E-state index in [0.717, 1.165) is 12.8 Å². The Kier molecular flexibility index (Phi) is 4.47. The van der Waals surface area contributed by atoms with Crippen molar-refractivity contribution in [1.82, 2.24) is 9.88 Å². The summed E-state index contributed by atoms with van der Waals surface area (Å²) >= 11 is 0. The van der Waals surface area contributed by atoms with E-state index in [1.165, 1.54) is 6.39 Å². The molecule has 1 aliphatic heterocycles. The van der Waals surface area contributed by atoms with Gasteiger partial charge in [0.2, 0.25) is 0 Å². The third-order valence-corrected chi connectivity index (χ3v) is 5.41. The summed E-state index contributed by atoms with van der Waals surface area (Å²) in [7, 11) is 0. The van der Waals surface area contributed by atoms with Crippen LogP contribution in [0.3, 0.4) is 0 Å². The zero-order valence-corrected chi connectivity index (χ0v) is 14.1. The van der Waals surface area contributed by atoms with Crippen LogP contribution in [0.15, 0.2) is 10.8 Å². The first-order valence-corrected chi connectivity index (χ1v) is 8.52. The van der Waals surface area contributed by atoms with Crippen LogP contribution in [0, 0.1) is 5.41 Å². The van der Waals surface area contributed by atoms with Crippen molar-refractivity contribution in [2.45, 2.75) is 58.2 Å². The summed E-state index contributed by atoms with van der Waals surface area (Å²) < 4.78 is 11.1. The molecule has 2 aliphatic rings. The van der Waals surface area contributed by atoms with Crippen LogP contribution >= 0.6 is 0 Å². The van der Waals surface area contributed by atoms with Gasteiger partial charge >= 0.3 is 0 Å². The number of rotatable bonds is 4. The highest BCUT2D eigenvalue weighted by Crippen LogP contribution is 2.51. The molecular formula is C17H26N2O4. The van der Waals surface area contributed by atoms with Crippen LogP contribution in [0.5, 0.6) is 0 Å². The molecule has 2 fully saturated rings. The minimum absolute atomic E-state index is 0.0703. The van der Waals surface area contributed by atoms with E-state index < -0.39 is 0 Å². The van der Waals surface area contributed by atoms with E-state index in [-0.39, 0.29) is 29.4 Å². The largest absolute Gasteiger partial charge is 0.447 e. The third-order valence-electron chi connectivity index (χ3n) is 5.41. The van der Waals surface area contributed by atoms with Gasteiger partial charge in [-0.1, -0.05) is 13.8 Å². The van der Waals surface area contributed by atoms with E-state index in [0.29, 0.717) is 37.6 Å². The van der Waals surface area contributed by atoms with Gasteiger partial charge in [-0.3, -0.25) is 4.79 Å². The van der Waals surface area contributed by atoms with Gasteiger partial charge in [-0.15, -0.1) is 0 Å². The molecule has 6 heteroatoms. The van der Waals surface area contributed by atoms with E-state index in [1.807, 2.05) is 25.7 Å². The Morgan fingerprint density at radius 1 is 1.52 bits per heavy atom. The lowest BCUT2D eigenvalue weighted by Crippen LogP contribution is -2.62. The summed E-state index contributed by atoms with van der Waals surface area (Å²) in [6.45, 7) is 7.88. The van der Waals surface area contributed by atoms with Crippen LogP contribution in [0.1, 0.15) is 62.2 Å². The van der Waals surface area contributed by atoms with Crippen molar-refractivity contribution in [2.24, 2.45) is 5.41 Å². The molecule has 1 saturated heterocycles. The zero-order chi connectivity index (χ0) is 16.6. The molecule has 0 radical (unpaired) electrons. The topological polar surface area (TPSA) is 75.8 Å². The summed E-state index contributed by atoms with van der Waals surface area (Å²) in [6.07, 6.45) is 3.42. The molecule has 2 atom stereocenters. The summed E-state index contributed by atoms with van der Waals surface area (Å²) in [6, 6.07) is 0. The van der Waals surface area contributed by atoms with Crippen molar-refractivity contribution < 1.29 is 19.1 Å². The molecule has 6 nitrogen and oxygen atoms in total. The Morgan fingerprint density at radius 3 is 2.78 bits per heavy atom. The second-order valence-corrected chi connectivity index (χ2v) is 6.94. The van der Waals surface area contributed by atoms with Gasteiger partial charge in [0.15, 0.2) is 12.1 Å². The van der Waals surface area contributed by atoms with Crippen molar-refractivity contribution in [3.63, 3.8) is 0 Å². The molecule has 0 aromatic carbocycles. The van der Waals surface area contributed by atoms with Gasteiger partial charge in [0.05, 0.1) is 12.2 Å². The zero-order valence-electron chi connectivity index (χ0n) is 14.1. The SMILES string of the molecule is CCO[C@H]1C[C@H](O)C12CCN(C(=O)c1ncoc1C(C)C)CC2. The molecule has 128 valence electrons. The van der Waals surface area contributed by atoms with Crippen molar-refractivity contribution >= 4 is 5.91 Å². The first kappa shape index (κ1) is 16.5. The number of likely N-dealkylation sites (tertiary alicyclic amines) is 1. The van der Waals surface area contributed by atoms with Gasteiger partial charge < -0.3 is 19.2 Å². The van der Waals surface area contributed by atoms with E-state index >= 15 is 0 Å². The van der Waals surface area contributed by atoms with E-state index in [2.05, 4.69) is 4.98 Å². The molecule has 1 spiro atoms. The third kappa shape index (κ3) is 2.68. The number of ether oxygens (including phenoxy) is 1. The highest BCUT2D eigenvalue weighted by atomic mass is 16.5. The van der Waals surface area contributed by atoms with Crippen molar-refractivity contribution in [1.29, 1.82) is 0 Å². The van der Waals surface area contributed by atoms with Crippen molar-refractivity contribution in [3.05, 3.63) is 17.8 Å². The van der Waals surface area contributed by atoms with Crippen LogP contribution in [0.2, 0.25) is 0 Å². The highest BCUT2D eigenvalue weighted by Gasteiger charge is 2.56. The molecule has 0 bridgehead atoms. The fourth-order valence-corrected chi connectivity index (χ4v) is 3.92. The van der Waals surface area contributed by atoms with Crippen LogP contribution < -0.4 is 0 Å². The standard InChI is InChI=1S/C17H26N2O4/c1-4-22-13-9-12(20)17(13)5-7-19(8-6-17)16(21)14-15(11(2)3)23-10-18-14/h10-13,20H,4-9H2,1-3H3/t12-,13-/m0/s1. The smallest absolute Gasteiger partial charge is 0.276 e. The summed E-state index contributed by atoms with van der Waals surface area (Å²) in [5.41, 5.74) is 0.253.